The number of carbonyl (C=O) groups is 2. The lowest BCUT2D eigenvalue weighted by Gasteiger charge is -2.24. The summed E-state index contributed by atoms with van der Waals surface area (Å²) in [4.78, 5) is 25.7. The molecule has 2 aromatic rings. The van der Waals surface area contributed by atoms with Crippen LogP contribution < -0.4 is 10.8 Å². The van der Waals surface area contributed by atoms with Crippen LogP contribution in [-0.2, 0) is 20.8 Å². The molecule has 0 aromatic heterocycles. The van der Waals surface area contributed by atoms with Crippen LogP contribution >= 0.6 is 0 Å². The third-order valence-electron chi connectivity index (χ3n) is 5.26. The summed E-state index contributed by atoms with van der Waals surface area (Å²) in [5.74, 6) is -1.02. The first-order valence-corrected chi connectivity index (χ1v) is 9.78. The summed E-state index contributed by atoms with van der Waals surface area (Å²) < 4.78 is 10.8. The predicted molar refractivity (Wildman–Crippen MR) is 111 cm³/mol. The molecule has 1 heterocycles. The van der Waals surface area contributed by atoms with E-state index in [4.69, 9.17) is 9.39 Å². The van der Waals surface area contributed by atoms with E-state index in [-0.39, 0.29) is 11.8 Å². The lowest BCUT2D eigenvalue weighted by molar-refractivity contribution is -0.152. The number of ether oxygens (including phenoxy) is 1. The van der Waals surface area contributed by atoms with Crippen molar-refractivity contribution in [1.82, 2.24) is 5.32 Å². The van der Waals surface area contributed by atoms with Gasteiger partial charge in [0.1, 0.15) is 12.1 Å². The van der Waals surface area contributed by atoms with Gasteiger partial charge < -0.3 is 19.7 Å². The minimum Gasteiger partial charge on any atom is -0.456 e. The van der Waals surface area contributed by atoms with Crippen LogP contribution in [0.3, 0.4) is 0 Å². The normalized spacial score (nSPS) is 15.0. The Hall–Kier alpha value is -2.64. The van der Waals surface area contributed by atoms with Gasteiger partial charge in [0, 0.05) is 5.56 Å². The Morgan fingerprint density at radius 3 is 2.48 bits per heavy atom. The third kappa shape index (κ3) is 4.52. The molecule has 2 aromatic carbocycles. The molecule has 1 aliphatic rings. The van der Waals surface area contributed by atoms with E-state index in [0.717, 1.165) is 11.1 Å². The molecule has 0 fully saturated rings. The van der Waals surface area contributed by atoms with Crippen LogP contribution in [0, 0.1) is 12.8 Å². The number of nitrogens with one attached hydrogen (secondary N) is 1. The Kier molecular flexibility index (Phi) is 6.40. The van der Waals surface area contributed by atoms with Crippen LogP contribution in [0.4, 0.5) is 0 Å². The summed E-state index contributed by atoms with van der Waals surface area (Å²) in [5, 5.41) is 12.8. The molecule has 0 bridgehead atoms. The first-order valence-electron chi connectivity index (χ1n) is 9.78. The zero-order chi connectivity index (χ0) is 21.1. The topological polar surface area (TPSA) is 84.9 Å². The van der Waals surface area contributed by atoms with E-state index in [9.17, 15) is 14.6 Å². The molecule has 0 spiro atoms. The molecule has 0 aliphatic carbocycles. The minimum absolute atomic E-state index is 0.155. The van der Waals surface area contributed by atoms with Gasteiger partial charge in [-0.15, -0.1) is 0 Å². The number of esters is 1. The largest absolute Gasteiger partial charge is 0.492 e. The second-order valence-electron chi connectivity index (χ2n) is 7.66. The van der Waals surface area contributed by atoms with Crippen molar-refractivity contribution in [2.24, 2.45) is 5.92 Å². The van der Waals surface area contributed by atoms with Crippen LogP contribution in [-0.4, -0.2) is 30.1 Å². The summed E-state index contributed by atoms with van der Waals surface area (Å²) >= 11 is 0. The highest BCUT2D eigenvalue weighted by Crippen LogP contribution is 2.20. The Labute approximate surface area is 171 Å². The first kappa shape index (κ1) is 21.1. The molecule has 29 heavy (non-hydrogen) atoms. The van der Waals surface area contributed by atoms with Crippen molar-refractivity contribution in [3.63, 3.8) is 0 Å². The van der Waals surface area contributed by atoms with Gasteiger partial charge in [0.25, 0.3) is 5.91 Å². The number of fused-ring (bicyclic) bond motifs is 1. The van der Waals surface area contributed by atoms with Gasteiger partial charge in [-0.25, -0.2) is 4.79 Å². The lowest BCUT2D eigenvalue weighted by Crippen LogP contribution is -2.46. The summed E-state index contributed by atoms with van der Waals surface area (Å²) in [7, 11) is -1.03. The van der Waals surface area contributed by atoms with Gasteiger partial charge in [0.2, 0.25) is 0 Å². The minimum atomic E-state index is -1.03. The van der Waals surface area contributed by atoms with Crippen LogP contribution in [0.1, 0.15) is 53.9 Å². The molecule has 0 radical (unpaired) electrons. The molecule has 1 unspecified atom stereocenters. The smallest absolute Gasteiger partial charge is 0.456 e. The van der Waals surface area contributed by atoms with Crippen LogP contribution in [0.15, 0.2) is 42.5 Å². The zero-order valence-electron chi connectivity index (χ0n) is 17.1. The lowest BCUT2D eigenvalue weighted by atomic mass is 9.75. The molecule has 0 saturated heterocycles. The Balaban J connectivity index is 1.75. The fraction of sp³-hybridized carbons (Fsp3) is 0.364. The molecule has 3 rings (SSSR count). The van der Waals surface area contributed by atoms with E-state index in [1.165, 1.54) is 0 Å². The fourth-order valence-electron chi connectivity index (χ4n) is 3.51. The maximum absolute atomic E-state index is 12.9. The van der Waals surface area contributed by atoms with Gasteiger partial charge in [0.15, 0.2) is 0 Å². The molecular weight excluding hydrogens is 369 g/mol. The van der Waals surface area contributed by atoms with E-state index in [1.807, 2.05) is 44.2 Å². The number of amides is 1. The highest BCUT2D eigenvalue weighted by molar-refractivity contribution is 6.62. The quantitative estimate of drug-likeness (QED) is 0.579. The van der Waals surface area contributed by atoms with Gasteiger partial charge in [-0.2, -0.15) is 0 Å². The molecular formula is C22H26BNO5. The third-order valence-corrected chi connectivity index (χ3v) is 5.26. The number of hydrogen-bond acceptors (Lipinski definition) is 5. The molecule has 2 atom stereocenters. The van der Waals surface area contributed by atoms with Crippen molar-refractivity contribution in [1.29, 1.82) is 0 Å². The van der Waals surface area contributed by atoms with Crippen molar-refractivity contribution in [3.05, 3.63) is 64.7 Å². The molecule has 2 N–H and O–H groups in total. The number of benzene rings is 2. The zero-order valence-corrected chi connectivity index (χ0v) is 17.1. The molecule has 1 aliphatic heterocycles. The second kappa shape index (κ2) is 8.80. The summed E-state index contributed by atoms with van der Waals surface area (Å²) in [6.07, 6.45) is -0.420. The highest BCUT2D eigenvalue weighted by atomic mass is 16.5. The SMILES string of the molecule is Cc1c(C(=O)NC(C(=O)O[C@@H](C)c2ccccc2)C(C)C)ccc2c1B(O)OC2. The number of rotatable bonds is 6. The van der Waals surface area contributed by atoms with Crippen molar-refractivity contribution in [2.45, 2.75) is 46.4 Å². The van der Waals surface area contributed by atoms with Gasteiger partial charge in [-0.3, -0.25) is 4.79 Å². The molecule has 1 amide bonds. The Morgan fingerprint density at radius 2 is 1.83 bits per heavy atom. The Bertz CT molecular complexity index is 900. The summed E-state index contributed by atoms with van der Waals surface area (Å²) in [6.45, 7) is 7.60. The van der Waals surface area contributed by atoms with Crippen LogP contribution in [0.25, 0.3) is 0 Å². The van der Waals surface area contributed by atoms with Gasteiger partial charge in [0.05, 0.1) is 6.61 Å². The average Bonchev–Trinajstić information content (AvgIpc) is 3.08. The van der Waals surface area contributed by atoms with Gasteiger partial charge in [-0.1, -0.05) is 50.2 Å². The standard InChI is InChI=1S/C22H26BNO5/c1-13(2)20(22(26)29-15(4)16-8-6-5-7-9-16)24-21(25)18-11-10-17-12-28-23(27)19(17)14(18)3/h5-11,13,15,20,27H,12H2,1-4H3,(H,24,25)/t15-,20?/m0/s1. The van der Waals surface area contributed by atoms with Crippen LogP contribution in [0.5, 0.6) is 0 Å². The average molecular weight is 395 g/mol. The predicted octanol–water partition coefficient (Wildman–Crippen LogP) is 2.27. The van der Waals surface area contributed by atoms with E-state index in [2.05, 4.69) is 5.32 Å². The molecule has 152 valence electrons. The summed E-state index contributed by atoms with van der Waals surface area (Å²) in [6, 6.07) is 12.1. The first-order chi connectivity index (χ1) is 13.8. The molecule has 6 nitrogen and oxygen atoms in total. The number of carbonyl (C=O) groups excluding carboxylic acids is 2. The maximum atomic E-state index is 12.9. The van der Waals surface area contributed by atoms with E-state index in [0.29, 0.717) is 23.2 Å². The fourth-order valence-corrected chi connectivity index (χ4v) is 3.51. The monoisotopic (exact) mass is 395 g/mol. The van der Waals surface area contributed by atoms with Gasteiger partial charge in [-0.05, 0) is 48.0 Å². The van der Waals surface area contributed by atoms with Crippen molar-refractivity contribution < 1.29 is 24.0 Å². The van der Waals surface area contributed by atoms with Crippen molar-refractivity contribution in [2.75, 3.05) is 0 Å². The molecule has 7 heteroatoms. The molecule has 0 saturated carbocycles. The van der Waals surface area contributed by atoms with Crippen molar-refractivity contribution in [3.8, 4) is 0 Å². The maximum Gasteiger partial charge on any atom is 0.492 e. The summed E-state index contributed by atoms with van der Waals surface area (Å²) in [5.41, 5.74) is 3.43. The highest BCUT2D eigenvalue weighted by Gasteiger charge is 2.33. The van der Waals surface area contributed by atoms with E-state index in [1.54, 1.807) is 26.0 Å². The van der Waals surface area contributed by atoms with Crippen molar-refractivity contribution >= 4 is 24.5 Å². The van der Waals surface area contributed by atoms with E-state index >= 15 is 0 Å². The Morgan fingerprint density at radius 1 is 1.14 bits per heavy atom. The van der Waals surface area contributed by atoms with Crippen LogP contribution in [0.2, 0.25) is 0 Å². The number of hydrogen-bond donors (Lipinski definition) is 2. The van der Waals surface area contributed by atoms with E-state index < -0.39 is 25.2 Å². The second-order valence-corrected chi connectivity index (χ2v) is 7.66. The van der Waals surface area contributed by atoms with Gasteiger partial charge >= 0.3 is 13.1 Å².